The van der Waals surface area contributed by atoms with Gasteiger partial charge in [0.25, 0.3) is 0 Å². The van der Waals surface area contributed by atoms with Gasteiger partial charge in [-0.2, -0.15) is 0 Å². The number of carbonyl (C=O) groups is 2. The van der Waals surface area contributed by atoms with Crippen molar-refractivity contribution in [1.82, 2.24) is 4.90 Å². The van der Waals surface area contributed by atoms with Crippen molar-refractivity contribution in [2.75, 3.05) is 18.4 Å². The molecular formula is C15H18Cl2N2O2. The van der Waals surface area contributed by atoms with Crippen LogP contribution in [0.15, 0.2) is 18.2 Å². The van der Waals surface area contributed by atoms with Gasteiger partial charge in [0, 0.05) is 18.1 Å². The number of amides is 2. The Hall–Kier alpha value is -1.26. The van der Waals surface area contributed by atoms with Gasteiger partial charge in [0.2, 0.25) is 11.8 Å². The summed E-state index contributed by atoms with van der Waals surface area (Å²) in [6.07, 6.45) is 1.15. The van der Waals surface area contributed by atoms with Gasteiger partial charge in [0.05, 0.1) is 10.7 Å². The van der Waals surface area contributed by atoms with Crippen LogP contribution in [0.5, 0.6) is 0 Å². The molecule has 2 rings (SSSR count). The smallest absolute Gasteiger partial charge is 0.240 e. The molecule has 0 atom stereocenters. The number of rotatable bonds is 5. The first-order valence-electron chi connectivity index (χ1n) is 7.00. The molecular weight excluding hydrogens is 311 g/mol. The fourth-order valence-electron chi connectivity index (χ4n) is 2.31. The van der Waals surface area contributed by atoms with E-state index in [4.69, 9.17) is 23.2 Å². The minimum Gasteiger partial charge on any atom is -0.342 e. The highest BCUT2D eigenvalue weighted by molar-refractivity contribution is 6.36. The maximum Gasteiger partial charge on any atom is 0.240 e. The number of halogens is 2. The molecule has 4 nitrogen and oxygen atoms in total. The molecule has 0 spiro atoms. The summed E-state index contributed by atoms with van der Waals surface area (Å²) in [4.78, 5) is 26.6. The Morgan fingerprint density at radius 2 is 1.86 bits per heavy atom. The van der Waals surface area contributed by atoms with E-state index >= 15 is 0 Å². The molecule has 0 heterocycles. The lowest BCUT2D eigenvalue weighted by Gasteiger charge is -2.24. The van der Waals surface area contributed by atoms with Gasteiger partial charge in [-0.25, -0.2) is 0 Å². The first kappa shape index (κ1) is 16.1. The molecule has 1 saturated carbocycles. The SMILES string of the molecule is CCN(CC)C(=O)C1(C(=O)Nc2cc(Cl)ccc2Cl)CC1. The third-order valence-corrected chi connectivity index (χ3v) is 4.39. The Morgan fingerprint density at radius 3 is 2.38 bits per heavy atom. The lowest BCUT2D eigenvalue weighted by Crippen LogP contribution is -2.42. The first-order chi connectivity index (χ1) is 9.94. The van der Waals surface area contributed by atoms with E-state index in [9.17, 15) is 9.59 Å². The van der Waals surface area contributed by atoms with E-state index < -0.39 is 5.41 Å². The van der Waals surface area contributed by atoms with Crippen LogP contribution in [0.2, 0.25) is 10.0 Å². The highest BCUT2D eigenvalue weighted by Gasteiger charge is 2.57. The number of hydrogen-bond donors (Lipinski definition) is 1. The van der Waals surface area contributed by atoms with Gasteiger partial charge in [-0.05, 0) is 44.9 Å². The zero-order valence-corrected chi connectivity index (χ0v) is 13.6. The average molecular weight is 329 g/mol. The van der Waals surface area contributed by atoms with E-state index in [2.05, 4.69) is 5.32 Å². The van der Waals surface area contributed by atoms with Crippen LogP contribution < -0.4 is 5.32 Å². The Labute approximate surface area is 134 Å². The Kier molecular flexibility index (Phi) is 4.79. The summed E-state index contributed by atoms with van der Waals surface area (Å²) in [5.41, 5.74) is -0.495. The van der Waals surface area contributed by atoms with Crippen LogP contribution in [0.4, 0.5) is 5.69 Å². The van der Waals surface area contributed by atoms with Gasteiger partial charge in [0.15, 0.2) is 0 Å². The van der Waals surface area contributed by atoms with Crippen LogP contribution in [-0.2, 0) is 9.59 Å². The summed E-state index contributed by atoms with van der Waals surface area (Å²) in [6, 6.07) is 4.85. The lowest BCUT2D eigenvalue weighted by atomic mass is 10.0. The second-order valence-electron chi connectivity index (χ2n) is 5.14. The lowest BCUT2D eigenvalue weighted by molar-refractivity contribution is -0.141. The first-order valence-corrected chi connectivity index (χ1v) is 7.76. The van der Waals surface area contributed by atoms with Crippen LogP contribution in [0.3, 0.4) is 0 Å². The Morgan fingerprint density at radius 1 is 1.24 bits per heavy atom. The minimum absolute atomic E-state index is 0.108. The van der Waals surface area contributed by atoms with E-state index in [1.165, 1.54) is 0 Å². The molecule has 0 aliphatic heterocycles. The fourth-order valence-corrected chi connectivity index (χ4v) is 2.65. The maximum absolute atomic E-state index is 12.5. The van der Waals surface area contributed by atoms with Crippen LogP contribution in [-0.4, -0.2) is 29.8 Å². The topological polar surface area (TPSA) is 49.4 Å². The van der Waals surface area contributed by atoms with Gasteiger partial charge in [-0.3, -0.25) is 9.59 Å². The maximum atomic E-state index is 12.5. The van der Waals surface area contributed by atoms with Crippen LogP contribution in [0, 0.1) is 5.41 Å². The molecule has 1 aliphatic carbocycles. The summed E-state index contributed by atoms with van der Waals surface area (Å²) in [5.74, 6) is -0.410. The highest BCUT2D eigenvalue weighted by atomic mass is 35.5. The van der Waals surface area contributed by atoms with Crippen LogP contribution in [0.25, 0.3) is 0 Å². The molecule has 2 amide bonds. The van der Waals surface area contributed by atoms with Gasteiger partial charge >= 0.3 is 0 Å². The molecule has 0 saturated heterocycles. The van der Waals surface area contributed by atoms with Crippen molar-refractivity contribution in [3.63, 3.8) is 0 Å². The third-order valence-electron chi connectivity index (χ3n) is 3.82. The molecule has 114 valence electrons. The van der Waals surface area contributed by atoms with E-state index in [-0.39, 0.29) is 11.8 Å². The second kappa shape index (κ2) is 6.24. The molecule has 0 bridgehead atoms. The monoisotopic (exact) mass is 328 g/mol. The van der Waals surface area contributed by atoms with Gasteiger partial charge in [0.1, 0.15) is 5.41 Å². The Bertz CT molecular complexity index is 567. The van der Waals surface area contributed by atoms with Crippen molar-refractivity contribution in [2.45, 2.75) is 26.7 Å². The zero-order chi connectivity index (χ0) is 15.6. The molecule has 21 heavy (non-hydrogen) atoms. The molecule has 1 fully saturated rings. The van der Waals surface area contributed by atoms with Crippen LogP contribution in [0.1, 0.15) is 26.7 Å². The van der Waals surface area contributed by atoms with E-state index in [1.54, 1.807) is 23.1 Å². The van der Waals surface area contributed by atoms with E-state index in [0.717, 1.165) is 0 Å². The molecule has 0 aromatic heterocycles. The molecule has 1 aromatic carbocycles. The average Bonchev–Trinajstić information content (AvgIpc) is 3.25. The summed E-state index contributed by atoms with van der Waals surface area (Å²) in [5, 5.41) is 3.62. The molecule has 1 N–H and O–H groups in total. The summed E-state index contributed by atoms with van der Waals surface area (Å²) in [7, 11) is 0. The molecule has 1 aromatic rings. The second-order valence-corrected chi connectivity index (χ2v) is 5.98. The predicted molar refractivity (Wildman–Crippen MR) is 84.7 cm³/mol. The van der Waals surface area contributed by atoms with Gasteiger partial charge in [-0.15, -0.1) is 0 Å². The number of hydrogen-bond acceptors (Lipinski definition) is 2. The highest BCUT2D eigenvalue weighted by Crippen LogP contribution is 2.48. The van der Waals surface area contributed by atoms with Crippen molar-refractivity contribution in [1.29, 1.82) is 0 Å². The van der Waals surface area contributed by atoms with E-state index in [0.29, 0.717) is 41.7 Å². The molecule has 1 aliphatic rings. The van der Waals surface area contributed by atoms with Crippen LogP contribution >= 0.6 is 23.2 Å². The van der Waals surface area contributed by atoms with Crippen molar-refractivity contribution >= 4 is 40.7 Å². The number of nitrogens with one attached hydrogen (secondary N) is 1. The van der Waals surface area contributed by atoms with Crippen molar-refractivity contribution < 1.29 is 9.59 Å². The van der Waals surface area contributed by atoms with Crippen molar-refractivity contribution in [3.8, 4) is 0 Å². The minimum atomic E-state index is -0.933. The van der Waals surface area contributed by atoms with Gasteiger partial charge in [-0.1, -0.05) is 23.2 Å². The zero-order valence-electron chi connectivity index (χ0n) is 12.1. The quantitative estimate of drug-likeness (QED) is 0.840. The summed E-state index contributed by atoms with van der Waals surface area (Å²) >= 11 is 11.9. The standard InChI is InChI=1S/C15H18Cl2N2O2/c1-3-19(4-2)14(21)15(7-8-15)13(20)18-12-9-10(16)5-6-11(12)17/h5-6,9H,3-4,7-8H2,1-2H3,(H,18,20). The fraction of sp³-hybridized carbons (Fsp3) is 0.467. The van der Waals surface area contributed by atoms with Crippen molar-refractivity contribution in [3.05, 3.63) is 28.2 Å². The normalized spacial score (nSPS) is 15.4. The van der Waals surface area contributed by atoms with Gasteiger partial charge < -0.3 is 10.2 Å². The number of nitrogens with zero attached hydrogens (tertiary/aromatic N) is 1. The number of anilines is 1. The molecule has 6 heteroatoms. The van der Waals surface area contributed by atoms with Crippen molar-refractivity contribution in [2.24, 2.45) is 5.41 Å². The number of benzene rings is 1. The predicted octanol–water partition coefficient (Wildman–Crippen LogP) is 3.58. The molecule has 0 radical (unpaired) electrons. The largest absolute Gasteiger partial charge is 0.342 e. The number of carbonyl (C=O) groups excluding carboxylic acids is 2. The Balaban J connectivity index is 2.16. The summed E-state index contributed by atoms with van der Waals surface area (Å²) < 4.78 is 0. The third kappa shape index (κ3) is 3.16. The van der Waals surface area contributed by atoms with E-state index in [1.807, 2.05) is 13.8 Å². The molecule has 0 unspecified atom stereocenters. The summed E-state index contributed by atoms with van der Waals surface area (Å²) in [6.45, 7) is 5.01.